The van der Waals surface area contributed by atoms with Crippen molar-refractivity contribution in [3.05, 3.63) is 58.3 Å². The molecule has 128 valence electrons. The Bertz CT molecular complexity index is 629. The van der Waals surface area contributed by atoms with E-state index in [2.05, 4.69) is 10.6 Å². The molecule has 0 aliphatic heterocycles. The van der Waals surface area contributed by atoms with Crippen LogP contribution in [0.2, 0.25) is 0 Å². The summed E-state index contributed by atoms with van der Waals surface area (Å²) in [7, 11) is 0. The third-order valence-corrected chi connectivity index (χ3v) is 4.57. The summed E-state index contributed by atoms with van der Waals surface area (Å²) in [6.07, 6.45) is 0. The molecule has 2 amide bonds. The standard InChI is InChI=1S/C18H23N3O2S/c1-2-21(14-18(23)20-12-16-9-6-10-24-16)13-17(22)19-11-15-7-4-3-5-8-15/h3-10H,2,11-14H2,1H3,(H,19,22)(H,20,23)/p+1. The van der Waals surface area contributed by atoms with E-state index < -0.39 is 0 Å². The van der Waals surface area contributed by atoms with Crippen LogP contribution in [0.1, 0.15) is 17.4 Å². The second-order valence-electron chi connectivity index (χ2n) is 5.58. The molecular weight excluding hydrogens is 322 g/mol. The number of nitrogens with one attached hydrogen (secondary N) is 3. The van der Waals surface area contributed by atoms with Crippen molar-refractivity contribution in [3.63, 3.8) is 0 Å². The highest BCUT2D eigenvalue weighted by Crippen LogP contribution is 2.06. The first-order valence-corrected chi connectivity index (χ1v) is 8.98. The smallest absolute Gasteiger partial charge is 0.275 e. The summed E-state index contributed by atoms with van der Waals surface area (Å²) in [6.45, 7) is 4.38. The third kappa shape index (κ3) is 6.52. The monoisotopic (exact) mass is 346 g/mol. The fourth-order valence-electron chi connectivity index (χ4n) is 2.29. The van der Waals surface area contributed by atoms with Crippen molar-refractivity contribution in [2.45, 2.75) is 20.0 Å². The molecule has 1 heterocycles. The molecule has 1 atom stereocenters. The lowest BCUT2D eigenvalue weighted by molar-refractivity contribution is -0.881. The van der Waals surface area contributed by atoms with E-state index >= 15 is 0 Å². The molecule has 5 nitrogen and oxygen atoms in total. The lowest BCUT2D eigenvalue weighted by atomic mass is 10.2. The number of thiophene rings is 1. The van der Waals surface area contributed by atoms with Gasteiger partial charge in [-0.25, -0.2) is 0 Å². The predicted octanol–water partition coefficient (Wildman–Crippen LogP) is 0.586. The minimum atomic E-state index is -0.0400. The van der Waals surface area contributed by atoms with Crippen LogP contribution in [0.15, 0.2) is 47.8 Å². The van der Waals surface area contributed by atoms with Crippen LogP contribution in [0, 0.1) is 0 Å². The molecule has 0 spiro atoms. The van der Waals surface area contributed by atoms with Crippen molar-refractivity contribution < 1.29 is 14.5 Å². The quantitative estimate of drug-likeness (QED) is 0.622. The minimum Gasteiger partial charge on any atom is -0.347 e. The van der Waals surface area contributed by atoms with E-state index in [0.29, 0.717) is 26.2 Å². The van der Waals surface area contributed by atoms with E-state index in [9.17, 15) is 9.59 Å². The van der Waals surface area contributed by atoms with Crippen LogP contribution >= 0.6 is 11.3 Å². The van der Waals surface area contributed by atoms with Crippen LogP contribution in [-0.4, -0.2) is 31.4 Å². The van der Waals surface area contributed by atoms with E-state index in [-0.39, 0.29) is 11.8 Å². The molecule has 1 unspecified atom stereocenters. The molecule has 2 rings (SSSR count). The summed E-state index contributed by atoms with van der Waals surface area (Å²) in [4.78, 5) is 26.1. The van der Waals surface area contributed by atoms with E-state index in [4.69, 9.17) is 0 Å². The molecule has 6 heteroatoms. The van der Waals surface area contributed by atoms with Gasteiger partial charge in [0.1, 0.15) is 0 Å². The highest BCUT2D eigenvalue weighted by molar-refractivity contribution is 7.09. The number of carbonyl (C=O) groups excluding carboxylic acids is 2. The molecule has 0 radical (unpaired) electrons. The summed E-state index contributed by atoms with van der Waals surface area (Å²) in [5, 5.41) is 7.79. The fourth-order valence-corrected chi connectivity index (χ4v) is 2.93. The zero-order valence-electron chi connectivity index (χ0n) is 13.9. The number of quaternary nitrogens is 1. The lowest BCUT2D eigenvalue weighted by Crippen LogP contribution is -3.14. The number of rotatable bonds is 9. The Balaban J connectivity index is 1.70. The van der Waals surface area contributed by atoms with Gasteiger partial charge in [-0.05, 0) is 23.9 Å². The third-order valence-electron chi connectivity index (χ3n) is 3.69. The maximum absolute atomic E-state index is 12.0. The summed E-state index contributed by atoms with van der Waals surface area (Å²) in [5.74, 6) is -0.0714. The van der Waals surface area contributed by atoms with E-state index in [1.165, 1.54) is 0 Å². The molecule has 0 bridgehead atoms. The highest BCUT2D eigenvalue weighted by atomic mass is 32.1. The van der Waals surface area contributed by atoms with Crippen molar-refractivity contribution in [3.8, 4) is 0 Å². The number of hydrogen-bond donors (Lipinski definition) is 3. The SMILES string of the molecule is CC[NH+](CC(=O)NCc1ccccc1)CC(=O)NCc1cccs1. The first kappa shape index (κ1) is 18.2. The molecule has 0 fully saturated rings. The van der Waals surface area contributed by atoms with Crippen LogP contribution in [-0.2, 0) is 22.7 Å². The Morgan fingerprint density at radius 2 is 1.62 bits per heavy atom. The van der Waals surface area contributed by atoms with E-state index in [1.54, 1.807) is 11.3 Å². The van der Waals surface area contributed by atoms with Crippen LogP contribution < -0.4 is 15.5 Å². The lowest BCUT2D eigenvalue weighted by Gasteiger charge is -2.16. The normalized spacial score (nSPS) is 11.7. The molecular formula is C18H24N3O2S+. The van der Waals surface area contributed by atoms with Crippen LogP contribution in [0.4, 0.5) is 0 Å². The first-order valence-electron chi connectivity index (χ1n) is 8.10. The average molecular weight is 346 g/mol. The number of likely N-dealkylation sites (N-methyl/N-ethyl adjacent to an activating group) is 1. The molecule has 0 aliphatic carbocycles. The van der Waals surface area contributed by atoms with Gasteiger partial charge in [0.25, 0.3) is 11.8 Å². The number of hydrogen-bond acceptors (Lipinski definition) is 3. The van der Waals surface area contributed by atoms with Gasteiger partial charge < -0.3 is 15.5 Å². The summed E-state index contributed by atoms with van der Waals surface area (Å²) in [6, 6.07) is 13.7. The Morgan fingerprint density at radius 3 is 2.21 bits per heavy atom. The Hall–Kier alpha value is -2.18. The Morgan fingerprint density at radius 1 is 0.958 bits per heavy atom. The van der Waals surface area contributed by atoms with E-state index in [1.807, 2.05) is 54.8 Å². The molecule has 1 aromatic heterocycles. The molecule has 2 aromatic rings. The van der Waals surface area contributed by atoms with Crippen molar-refractivity contribution >= 4 is 23.2 Å². The van der Waals surface area contributed by atoms with Crippen molar-refractivity contribution in [1.29, 1.82) is 0 Å². The maximum Gasteiger partial charge on any atom is 0.275 e. The molecule has 24 heavy (non-hydrogen) atoms. The van der Waals surface area contributed by atoms with Crippen LogP contribution in [0.5, 0.6) is 0 Å². The van der Waals surface area contributed by atoms with Gasteiger partial charge in [0.05, 0.1) is 13.1 Å². The zero-order valence-corrected chi connectivity index (χ0v) is 14.7. The Kier molecular flexibility index (Phi) is 7.45. The zero-order chi connectivity index (χ0) is 17.2. The van der Waals surface area contributed by atoms with Crippen LogP contribution in [0.25, 0.3) is 0 Å². The van der Waals surface area contributed by atoms with Gasteiger partial charge in [0.15, 0.2) is 13.1 Å². The van der Waals surface area contributed by atoms with Crippen molar-refractivity contribution in [2.24, 2.45) is 0 Å². The highest BCUT2D eigenvalue weighted by Gasteiger charge is 2.16. The van der Waals surface area contributed by atoms with Gasteiger partial charge in [0, 0.05) is 11.4 Å². The number of amides is 2. The van der Waals surface area contributed by atoms with Gasteiger partial charge in [-0.1, -0.05) is 36.4 Å². The minimum absolute atomic E-state index is 0.0314. The average Bonchev–Trinajstić information content (AvgIpc) is 3.12. The fraction of sp³-hybridized carbons (Fsp3) is 0.333. The second-order valence-corrected chi connectivity index (χ2v) is 6.61. The molecule has 0 aliphatic rings. The van der Waals surface area contributed by atoms with Gasteiger partial charge in [-0.2, -0.15) is 0 Å². The summed E-state index contributed by atoms with van der Waals surface area (Å²) >= 11 is 1.62. The van der Waals surface area contributed by atoms with Gasteiger partial charge in [-0.3, -0.25) is 9.59 Å². The van der Waals surface area contributed by atoms with Gasteiger partial charge >= 0.3 is 0 Å². The number of benzene rings is 1. The van der Waals surface area contributed by atoms with E-state index in [0.717, 1.165) is 21.9 Å². The second kappa shape index (κ2) is 9.85. The topological polar surface area (TPSA) is 62.6 Å². The first-order chi connectivity index (χ1) is 11.7. The number of carbonyl (C=O) groups is 2. The largest absolute Gasteiger partial charge is 0.347 e. The van der Waals surface area contributed by atoms with Crippen molar-refractivity contribution in [2.75, 3.05) is 19.6 Å². The van der Waals surface area contributed by atoms with Crippen LogP contribution in [0.3, 0.4) is 0 Å². The summed E-state index contributed by atoms with van der Waals surface area (Å²) < 4.78 is 0. The molecule has 0 saturated carbocycles. The van der Waals surface area contributed by atoms with Crippen molar-refractivity contribution in [1.82, 2.24) is 10.6 Å². The molecule has 0 saturated heterocycles. The maximum atomic E-state index is 12.0. The summed E-state index contributed by atoms with van der Waals surface area (Å²) in [5.41, 5.74) is 1.07. The van der Waals surface area contributed by atoms with Gasteiger partial charge in [0.2, 0.25) is 0 Å². The van der Waals surface area contributed by atoms with Gasteiger partial charge in [-0.15, -0.1) is 11.3 Å². The Labute approximate surface area is 146 Å². The predicted molar refractivity (Wildman–Crippen MR) is 95.7 cm³/mol. The molecule has 3 N–H and O–H groups in total. The molecule has 1 aromatic carbocycles.